The van der Waals surface area contributed by atoms with Crippen LogP contribution in [0.4, 0.5) is 0 Å². The zero-order chi connectivity index (χ0) is 19.9. The molecule has 0 saturated carbocycles. The van der Waals surface area contributed by atoms with Gasteiger partial charge >= 0.3 is 5.97 Å². The zero-order valence-electron chi connectivity index (χ0n) is 15.7. The smallest absolute Gasteiger partial charge is 0.339 e. The topological polar surface area (TPSA) is 91.6 Å². The predicted octanol–water partition coefficient (Wildman–Crippen LogP) is 1.97. The maximum Gasteiger partial charge on any atom is 0.339 e. The van der Waals surface area contributed by atoms with Crippen LogP contribution in [0, 0.1) is 5.21 Å². The van der Waals surface area contributed by atoms with E-state index in [1.807, 2.05) is 24.3 Å². The number of nitrogens with one attached hydrogen (secondary N) is 1. The first-order valence-corrected chi connectivity index (χ1v) is 8.62. The van der Waals surface area contributed by atoms with Crippen molar-refractivity contribution in [1.82, 2.24) is 5.32 Å². The van der Waals surface area contributed by atoms with Crippen LogP contribution in [0.15, 0.2) is 48.8 Å². The Kier molecular flexibility index (Phi) is 6.76. The first-order valence-electron chi connectivity index (χ1n) is 8.62. The van der Waals surface area contributed by atoms with E-state index in [1.165, 1.54) is 30.1 Å². The number of carbonyl (C=O) groups excluding carboxylic acids is 2. The Labute approximate surface area is 158 Å². The van der Waals surface area contributed by atoms with Gasteiger partial charge in [0.15, 0.2) is 19.0 Å². The van der Waals surface area contributed by atoms with E-state index in [1.54, 1.807) is 0 Å². The van der Waals surface area contributed by atoms with Gasteiger partial charge in [-0.15, -0.1) is 0 Å². The first kappa shape index (κ1) is 20.2. The van der Waals surface area contributed by atoms with Crippen LogP contribution in [0.3, 0.4) is 0 Å². The van der Waals surface area contributed by atoms with E-state index in [4.69, 9.17) is 9.47 Å². The predicted molar refractivity (Wildman–Crippen MR) is 99.3 cm³/mol. The maximum absolute atomic E-state index is 11.7. The molecule has 0 saturated heterocycles. The van der Waals surface area contributed by atoms with Crippen LogP contribution < -0.4 is 14.8 Å². The lowest BCUT2D eigenvalue weighted by molar-refractivity contribution is -0.605. The Bertz CT molecular complexity index is 764. The summed E-state index contributed by atoms with van der Waals surface area (Å²) < 4.78 is 11.0. The van der Waals surface area contributed by atoms with Gasteiger partial charge < -0.3 is 20.0 Å². The lowest BCUT2D eigenvalue weighted by Crippen LogP contribution is -2.32. The molecule has 1 amide bonds. The average molecular weight is 372 g/mol. The molecule has 2 rings (SSSR count). The van der Waals surface area contributed by atoms with E-state index in [0.29, 0.717) is 17.9 Å². The van der Waals surface area contributed by atoms with Crippen molar-refractivity contribution in [3.63, 3.8) is 0 Å². The van der Waals surface area contributed by atoms with Gasteiger partial charge in [0.2, 0.25) is 0 Å². The van der Waals surface area contributed by atoms with Gasteiger partial charge in [-0.1, -0.05) is 32.9 Å². The fourth-order valence-corrected chi connectivity index (χ4v) is 2.22. The molecule has 0 aliphatic carbocycles. The molecule has 2 aromatic rings. The molecule has 0 unspecified atom stereocenters. The third-order valence-corrected chi connectivity index (χ3v) is 3.79. The molecule has 144 valence electrons. The maximum atomic E-state index is 11.7. The Morgan fingerprint density at radius 1 is 1.07 bits per heavy atom. The summed E-state index contributed by atoms with van der Waals surface area (Å²) in [6, 6.07) is 10.5. The van der Waals surface area contributed by atoms with Crippen LogP contribution in [0.25, 0.3) is 0 Å². The third-order valence-electron chi connectivity index (χ3n) is 3.79. The second-order valence-electron chi connectivity index (χ2n) is 7.00. The van der Waals surface area contributed by atoms with Gasteiger partial charge in [-0.05, 0) is 23.1 Å². The molecule has 1 aromatic carbocycles. The van der Waals surface area contributed by atoms with E-state index in [-0.39, 0.29) is 11.0 Å². The zero-order valence-corrected chi connectivity index (χ0v) is 15.7. The van der Waals surface area contributed by atoms with Crippen molar-refractivity contribution in [1.29, 1.82) is 0 Å². The number of nitrogens with zero attached hydrogens (tertiary/aromatic N) is 1. The summed E-state index contributed by atoms with van der Waals surface area (Å²) in [5.74, 6) is -0.367. The number of carbonyl (C=O) groups is 2. The van der Waals surface area contributed by atoms with Crippen molar-refractivity contribution in [2.75, 3.05) is 19.8 Å². The minimum Gasteiger partial charge on any atom is -0.619 e. The largest absolute Gasteiger partial charge is 0.619 e. The molecular weight excluding hydrogens is 348 g/mol. The van der Waals surface area contributed by atoms with Gasteiger partial charge in [-0.25, -0.2) is 4.79 Å². The highest BCUT2D eigenvalue weighted by Crippen LogP contribution is 2.24. The molecule has 0 spiro atoms. The van der Waals surface area contributed by atoms with Crippen LogP contribution in [0.5, 0.6) is 5.75 Å². The van der Waals surface area contributed by atoms with Crippen LogP contribution in [-0.2, 0) is 14.9 Å². The summed E-state index contributed by atoms with van der Waals surface area (Å²) in [5.41, 5.74) is 1.50. The number of aromatic nitrogens is 1. The van der Waals surface area contributed by atoms with Crippen molar-refractivity contribution in [3.8, 4) is 5.75 Å². The summed E-state index contributed by atoms with van der Waals surface area (Å²) >= 11 is 0. The Morgan fingerprint density at radius 2 is 1.70 bits per heavy atom. The molecule has 0 fully saturated rings. The third kappa shape index (κ3) is 6.62. The molecule has 7 nitrogen and oxygen atoms in total. The van der Waals surface area contributed by atoms with Gasteiger partial charge in [-0.2, -0.15) is 4.73 Å². The number of hydrogen-bond donors (Lipinski definition) is 1. The van der Waals surface area contributed by atoms with Crippen molar-refractivity contribution in [2.45, 2.75) is 26.2 Å². The average Bonchev–Trinajstić information content (AvgIpc) is 2.63. The van der Waals surface area contributed by atoms with E-state index in [2.05, 4.69) is 26.1 Å². The fraction of sp³-hybridized carbons (Fsp3) is 0.350. The minimum atomic E-state index is -0.666. The van der Waals surface area contributed by atoms with Crippen LogP contribution in [-0.4, -0.2) is 31.6 Å². The Hall–Kier alpha value is -3.09. The summed E-state index contributed by atoms with van der Waals surface area (Å²) in [6.45, 7) is 6.62. The molecule has 7 heteroatoms. The summed E-state index contributed by atoms with van der Waals surface area (Å²) in [4.78, 5) is 23.4. The van der Waals surface area contributed by atoms with Crippen LogP contribution in [0.1, 0.15) is 36.7 Å². The Morgan fingerprint density at radius 3 is 2.30 bits per heavy atom. The van der Waals surface area contributed by atoms with Gasteiger partial charge in [0, 0.05) is 12.1 Å². The Balaban J connectivity index is 1.66. The molecule has 1 N–H and O–H groups in total. The van der Waals surface area contributed by atoms with Crippen molar-refractivity contribution in [3.05, 3.63) is 65.1 Å². The normalized spacial score (nSPS) is 10.9. The molecule has 0 aliphatic rings. The molecule has 0 bridgehead atoms. The second kappa shape index (κ2) is 9.02. The van der Waals surface area contributed by atoms with Gasteiger partial charge in [0.25, 0.3) is 5.91 Å². The lowest BCUT2D eigenvalue weighted by atomic mass is 9.87. The first-order chi connectivity index (χ1) is 12.8. The number of rotatable bonds is 7. The molecular formula is C20H24N2O5. The summed E-state index contributed by atoms with van der Waals surface area (Å²) in [6.07, 6.45) is 2.37. The summed E-state index contributed by atoms with van der Waals surface area (Å²) in [5, 5.41) is 13.5. The molecule has 1 heterocycles. The van der Waals surface area contributed by atoms with Crippen LogP contribution >= 0.6 is 0 Å². The van der Waals surface area contributed by atoms with Crippen molar-refractivity contribution in [2.24, 2.45) is 0 Å². The lowest BCUT2D eigenvalue weighted by Gasteiger charge is -2.19. The fourth-order valence-electron chi connectivity index (χ4n) is 2.22. The summed E-state index contributed by atoms with van der Waals surface area (Å²) in [7, 11) is 0. The van der Waals surface area contributed by atoms with Gasteiger partial charge in [-0.3, -0.25) is 4.79 Å². The molecule has 27 heavy (non-hydrogen) atoms. The van der Waals surface area contributed by atoms with E-state index >= 15 is 0 Å². The highest BCUT2D eigenvalue weighted by molar-refractivity contribution is 5.91. The SMILES string of the molecule is CC(C)(C)c1ccc(OCCNC(=O)COC(=O)c2cc[n+]([O-])cc2)cc1. The number of pyridine rings is 1. The molecule has 1 aromatic heterocycles. The number of benzene rings is 1. The second-order valence-corrected chi connectivity index (χ2v) is 7.00. The highest BCUT2D eigenvalue weighted by Gasteiger charge is 2.13. The molecule has 0 radical (unpaired) electrons. The number of ether oxygens (including phenoxy) is 2. The molecule has 0 atom stereocenters. The standard InChI is InChI=1S/C20H24N2O5/c1-20(2,3)16-4-6-17(7-5-16)26-13-10-21-18(23)14-27-19(24)15-8-11-22(25)12-9-15/h4-9,11-12H,10,13-14H2,1-3H3,(H,21,23). The highest BCUT2D eigenvalue weighted by atomic mass is 16.5. The number of hydrogen-bond acceptors (Lipinski definition) is 5. The van der Waals surface area contributed by atoms with Crippen molar-refractivity contribution >= 4 is 11.9 Å². The van der Waals surface area contributed by atoms with E-state index < -0.39 is 18.5 Å². The molecule has 0 aliphatic heterocycles. The van der Waals surface area contributed by atoms with E-state index in [9.17, 15) is 14.8 Å². The van der Waals surface area contributed by atoms with Gasteiger partial charge in [0.05, 0.1) is 12.1 Å². The quantitative estimate of drug-likeness (QED) is 0.347. The van der Waals surface area contributed by atoms with E-state index in [0.717, 1.165) is 5.75 Å². The van der Waals surface area contributed by atoms with Crippen LogP contribution in [0.2, 0.25) is 0 Å². The van der Waals surface area contributed by atoms with Crippen molar-refractivity contribution < 1.29 is 23.8 Å². The number of amides is 1. The monoisotopic (exact) mass is 372 g/mol. The number of esters is 1. The minimum absolute atomic E-state index is 0.0831. The van der Waals surface area contributed by atoms with Gasteiger partial charge in [0.1, 0.15) is 12.4 Å².